The Labute approximate surface area is 320 Å². The Morgan fingerprint density at radius 1 is 0.782 bits per heavy atom. The van der Waals surface area contributed by atoms with Crippen molar-refractivity contribution in [1.82, 2.24) is 15.1 Å². The third-order valence-electron chi connectivity index (χ3n) is 10.2. The zero-order valence-corrected chi connectivity index (χ0v) is 30.7. The molecular formula is C36H44F4N6O8S. The molecule has 0 saturated carbocycles. The van der Waals surface area contributed by atoms with E-state index in [0.29, 0.717) is 80.9 Å². The molecule has 2 aromatic rings. The maximum absolute atomic E-state index is 14.8. The minimum Gasteiger partial charge on any atom is -0.443 e. The molecular weight excluding hydrogens is 752 g/mol. The number of hydrogen-bond donors (Lipinski definition) is 4. The number of ether oxygens (including phenoxy) is 2. The molecule has 2 aromatic carbocycles. The van der Waals surface area contributed by atoms with Gasteiger partial charge in [0.1, 0.15) is 42.0 Å². The number of nitrogens with zero attached hydrogens (tertiary/aromatic N) is 4. The Morgan fingerprint density at radius 3 is 1.56 bits per heavy atom. The molecule has 19 heteroatoms. The molecule has 4 amide bonds. The Bertz CT molecular complexity index is 1730. The Morgan fingerprint density at radius 2 is 1.20 bits per heavy atom. The maximum Gasteiger partial charge on any atom is 0.414 e. The number of anilines is 2. The number of amides is 4. The van der Waals surface area contributed by atoms with Gasteiger partial charge >= 0.3 is 12.2 Å². The van der Waals surface area contributed by atoms with Crippen molar-refractivity contribution in [1.29, 1.82) is 0 Å². The molecule has 0 unspecified atom stereocenters. The van der Waals surface area contributed by atoms with Crippen molar-refractivity contribution >= 4 is 52.6 Å². The third kappa shape index (κ3) is 10.2. The summed E-state index contributed by atoms with van der Waals surface area (Å²) in [6, 6.07) is 9.24. The smallest absolute Gasteiger partial charge is 0.414 e. The number of nitrogens with one attached hydrogen (secondary N) is 1. The van der Waals surface area contributed by atoms with Gasteiger partial charge in [-0.15, -0.1) is 0 Å². The molecule has 0 spiro atoms. The van der Waals surface area contributed by atoms with Gasteiger partial charge in [0.25, 0.3) is 6.43 Å². The van der Waals surface area contributed by atoms with Crippen LogP contribution in [0.4, 0.5) is 38.5 Å². The van der Waals surface area contributed by atoms with Crippen LogP contribution in [0.15, 0.2) is 36.4 Å². The number of aliphatic hydroxyl groups excluding tert-OH is 2. The van der Waals surface area contributed by atoms with E-state index < -0.39 is 48.7 Å². The van der Waals surface area contributed by atoms with Crippen LogP contribution in [0, 0.1) is 11.6 Å². The van der Waals surface area contributed by atoms with Crippen LogP contribution < -0.4 is 20.9 Å². The van der Waals surface area contributed by atoms with Gasteiger partial charge in [-0.1, -0.05) is 24.4 Å². The standard InChI is InChI=1S/C19H22F3N3O4S.C17H22FN3O4/c20-15-7-12(25-9-13(29-19(25)28)8-23-18(30)17(21)22)1-2-14(15)11-3-5-24(6-4-11)16(27)10-26;18-15-7-12(21-9-13(8-19)25-17(21)24)1-2-14(15)11-3-5-20(6-4-11)16(23)10-22/h1-2,7,11,13,17,26H,3-6,8-10H2,(H,23,30);1-2,7,11,13,22H,3-6,8-10,19H2/t2*13-/m00/s1. The van der Waals surface area contributed by atoms with Crippen LogP contribution in [0.1, 0.15) is 48.6 Å². The predicted octanol–water partition coefficient (Wildman–Crippen LogP) is 2.84. The van der Waals surface area contributed by atoms with E-state index in [1.54, 1.807) is 34.1 Å². The summed E-state index contributed by atoms with van der Waals surface area (Å²) < 4.78 is 64.5. The van der Waals surface area contributed by atoms with Gasteiger partial charge < -0.3 is 40.5 Å². The molecule has 4 aliphatic rings. The number of alkyl halides is 2. The fraction of sp³-hybridized carbons (Fsp3) is 0.528. The number of thiocarbonyl (C=S) groups is 1. The number of carbonyl (C=O) groups is 4. The van der Waals surface area contributed by atoms with Crippen LogP contribution in [0.2, 0.25) is 0 Å². The Hall–Kier alpha value is -4.59. The molecule has 14 nitrogen and oxygen atoms in total. The highest BCUT2D eigenvalue weighted by molar-refractivity contribution is 7.80. The number of piperidine rings is 2. The highest BCUT2D eigenvalue weighted by Gasteiger charge is 2.35. The first-order chi connectivity index (χ1) is 26.3. The Kier molecular flexibility index (Phi) is 14.2. The number of nitrogens with two attached hydrogens (primary N) is 1. The molecule has 2 atom stereocenters. The number of carbonyl (C=O) groups excluding carboxylic acids is 4. The lowest BCUT2D eigenvalue weighted by atomic mass is 9.89. The first-order valence-electron chi connectivity index (χ1n) is 17.9. The van der Waals surface area contributed by atoms with Crippen molar-refractivity contribution in [2.24, 2.45) is 5.73 Å². The molecule has 4 fully saturated rings. The fourth-order valence-electron chi connectivity index (χ4n) is 7.10. The maximum atomic E-state index is 14.8. The lowest BCUT2D eigenvalue weighted by Gasteiger charge is -2.32. The van der Waals surface area contributed by atoms with Crippen LogP contribution >= 0.6 is 12.2 Å². The SMILES string of the molecule is NC[C@H]1CN(c2ccc(C3CCN(C(=O)CO)CC3)c(F)c2)C(=O)O1.O=C(CO)N1CCC(c2ccc(N3C[C@H](CNC(=S)C(F)F)OC3=O)cc2F)CC1. The second-order valence-electron chi connectivity index (χ2n) is 13.6. The van der Waals surface area contributed by atoms with E-state index in [0.717, 1.165) is 0 Å². The zero-order chi connectivity index (χ0) is 39.8. The molecule has 0 bridgehead atoms. The molecule has 4 saturated heterocycles. The van der Waals surface area contributed by atoms with Gasteiger partial charge in [-0.05, 0) is 72.9 Å². The number of likely N-dealkylation sites (tertiary alicyclic amines) is 2. The molecule has 6 rings (SSSR count). The van der Waals surface area contributed by atoms with Crippen molar-refractivity contribution < 1.29 is 56.4 Å². The van der Waals surface area contributed by atoms with Crippen LogP contribution in [0.25, 0.3) is 0 Å². The van der Waals surface area contributed by atoms with Crippen LogP contribution in [-0.2, 0) is 19.1 Å². The molecule has 300 valence electrons. The second-order valence-corrected chi connectivity index (χ2v) is 14.0. The summed E-state index contributed by atoms with van der Waals surface area (Å²) in [6.45, 7) is 1.42. The molecule has 0 aliphatic carbocycles. The van der Waals surface area contributed by atoms with Crippen molar-refractivity contribution in [3.8, 4) is 0 Å². The van der Waals surface area contributed by atoms with Gasteiger partial charge in [-0.2, -0.15) is 0 Å². The van der Waals surface area contributed by atoms with E-state index in [1.807, 2.05) is 0 Å². The first-order valence-corrected chi connectivity index (χ1v) is 18.3. The van der Waals surface area contributed by atoms with E-state index in [9.17, 15) is 36.7 Å². The lowest BCUT2D eigenvalue weighted by molar-refractivity contribution is -0.135. The van der Waals surface area contributed by atoms with Crippen molar-refractivity contribution in [2.75, 3.05) is 75.4 Å². The van der Waals surface area contributed by atoms with Gasteiger partial charge in [0.2, 0.25) is 11.8 Å². The number of rotatable bonds is 10. The van der Waals surface area contributed by atoms with E-state index in [-0.39, 0.29) is 55.2 Å². The summed E-state index contributed by atoms with van der Waals surface area (Å²) in [5.74, 6) is -1.52. The number of hydrogen-bond acceptors (Lipinski definition) is 10. The Balaban J connectivity index is 0.000000214. The normalized spacial score (nSPS) is 20.7. The van der Waals surface area contributed by atoms with Gasteiger partial charge in [0.15, 0.2) is 0 Å². The third-order valence-corrected chi connectivity index (χ3v) is 10.5. The summed E-state index contributed by atoms with van der Waals surface area (Å²) in [4.78, 5) is 52.1. The number of aliphatic hydroxyl groups is 2. The van der Waals surface area contributed by atoms with E-state index in [1.165, 1.54) is 21.9 Å². The monoisotopic (exact) mass is 796 g/mol. The predicted molar refractivity (Wildman–Crippen MR) is 195 cm³/mol. The highest BCUT2D eigenvalue weighted by Crippen LogP contribution is 2.34. The molecule has 55 heavy (non-hydrogen) atoms. The molecule has 5 N–H and O–H groups in total. The summed E-state index contributed by atoms with van der Waals surface area (Å²) in [6.07, 6.45) is -2.62. The van der Waals surface area contributed by atoms with Crippen molar-refractivity contribution in [3.05, 3.63) is 59.2 Å². The van der Waals surface area contributed by atoms with Crippen molar-refractivity contribution in [3.63, 3.8) is 0 Å². The van der Waals surface area contributed by atoms with Gasteiger partial charge in [-0.25, -0.2) is 27.2 Å². The summed E-state index contributed by atoms with van der Waals surface area (Å²) >= 11 is 4.49. The summed E-state index contributed by atoms with van der Waals surface area (Å²) in [5.41, 5.74) is 7.36. The van der Waals surface area contributed by atoms with E-state index >= 15 is 0 Å². The minimum absolute atomic E-state index is 0.0131. The summed E-state index contributed by atoms with van der Waals surface area (Å²) in [7, 11) is 0. The average Bonchev–Trinajstić information content (AvgIpc) is 3.77. The largest absolute Gasteiger partial charge is 0.443 e. The number of halogens is 4. The van der Waals surface area contributed by atoms with Gasteiger partial charge in [-0.3, -0.25) is 19.4 Å². The number of cyclic esters (lactones) is 2. The highest BCUT2D eigenvalue weighted by atomic mass is 32.1. The lowest BCUT2D eigenvalue weighted by Crippen LogP contribution is -2.39. The van der Waals surface area contributed by atoms with Gasteiger partial charge in [0, 0.05) is 32.7 Å². The molecule has 4 aliphatic heterocycles. The average molecular weight is 797 g/mol. The summed E-state index contributed by atoms with van der Waals surface area (Å²) in [5, 5.41) is 20.2. The molecule has 0 radical (unpaired) electrons. The quantitative estimate of drug-likeness (QED) is 0.205. The zero-order valence-electron chi connectivity index (χ0n) is 29.9. The van der Waals surface area contributed by atoms with E-state index in [4.69, 9.17) is 25.4 Å². The molecule has 4 heterocycles. The topological polar surface area (TPSA) is 178 Å². The van der Waals surface area contributed by atoms with E-state index in [2.05, 4.69) is 17.5 Å². The van der Waals surface area contributed by atoms with Crippen LogP contribution in [0.5, 0.6) is 0 Å². The first kappa shape index (κ1) is 41.6. The fourth-order valence-corrected chi connectivity index (χ4v) is 7.18. The second kappa shape index (κ2) is 18.8. The number of benzene rings is 2. The molecule has 0 aromatic heterocycles. The van der Waals surface area contributed by atoms with Gasteiger partial charge in [0.05, 0.1) is 31.0 Å². The minimum atomic E-state index is -2.79. The van der Waals surface area contributed by atoms with Crippen LogP contribution in [-0.4, -0.2) is 133 Å². The van der Waals surface area contributed by atoms with Crippen molar-refractivity contribution in [2.45, 2.75) is 56.2 Å². The van der Waals surface area contributed by atoms with Crippen LogP contribution in [0.3, 0.4) is 0 Å².